The first-order chi connectivity index (χ1) is 17.9. The zero-order chi connectivity index (χ0) is 26.4. The lowest BCUT2D eigenvalue weighted by atomic mass is 10.1. The van der Waals surface area contributed by atoms with E-state index in [1.807, 2.05) is 12.1 Å². The van der Waals surface area contributed by atoms with Gasteiger partial charge in [-0.25, -0.2) is 9.97 Å². The van der Waals surface area contributed by atoms with Crippen LogP contribution in [-0.2, 0) is 0 Å². The minimum absolute atomic E-state index is 0.655. The molecule has 1 heterocycles. The van der Waals surface area contributed by atoms with Crippen molar-refractivity contribution in [3.63, 3.8) is 0 Å². The van der Waals surface area contributed by atoms with Gasteiger partial charge in [0, 0.05) is 36.7 Å². The summed E-state index contributed by atoms with van der Waals surface area (Å²) in [6.45, 7) is 13.3. The summed E-state index contributed by atoms with van der Waals surface area (Å²) >= 11 is 0. The smallest absolute Gasteiger partial charge is 0.162 e. The average molecular weight is 501 g/mol. The molecule has 4 aromatic rings. The van der Waals surface area contributed by atoms with Crippen molar-refractivity contribution in [3.05, 3.63) is 54.6 Å². The SMILES string of the molecule is COc1cc2nc(-c3ccc4ccccc4c3)nc(NCCCN(CC(C)C)CC(C)C)c2cc1OC. The molecule has 0 atom stereocenters. The average Bonchev–Trinajstić information content (AvgIpc) is 2.88. The highest BCUT2D eigenvalue weighted by Crippen LogP contribution is 2.35. The van der Waals surface area contributed by atoms with Crippen molar-refractivity contribution in [2.24, 2.45) is 11.8 Å². The molecule has 1 aromatic heterocycles. The van der Waals surface area contributed by atoms with E-state index in [1.165, 1.54) is 10.8 Å². The fourth-order valence-corrected chi connectivity index (χ4v) is 4.85. The third kappa shape index (κ3) is 6.69. The lowest BCUT2D eigenvalue weighted by Gasteiger charge is -2.26. The molecule has 0 aliphatic carbocycles. The molecule has 0 radical (unpaired) electrons. The van der Waals surface area contributed by atoms with Crippen LogP contribution in [0.25, 0.3) is 33.1 Å². The van der Waals surface area contributed by atoms with Gasteiger partial charge in [-0.05, 0) is 47.7 Å². The second-order valence-corrected chi connectivity index (χ2v) is 10.5. The molecule has 0 unspecified atom stereocenters. The molecule has 0 aliphatic heterocycles. The Hall–Kier alpha value is -3.38. The van der Waals surface area contributed by atoms with E-state index in [2.05, 4.69) is 80.4 Å². The molecule has 6 heteroatoms. The minimum Gasteiger partial charge on any atom is -0.493 e. The number of methoxy groups -OCH3 is 2. The fraction of sp³-hybridized carbons (Fsp3) is 0.419. The number of fused-ring (bicyclic) bond motifs is 2. The van der Waals surface area contributed by atoms with E-state index in [0.29, 0.717) is 29.2 Å². The quantitative estimate of drug-likeness (QED) is 0.214. The summed E-state index contributed by atoms with van der Waals surface area (Å²) in [7, 11) is 3.30. The maximum absolute atomic E-state index is 5.58. The van der Waals surface area contributed by atoms with Gasteiger partial charge in [0.1, 0.15) is 5.82 Å². The molecule has 1 N–H and O–H groups in total. The highest BCUT2D eigenvalue weighted by atomic mass is 16.5. The zero-order valence-corrected chi connectivity index (χ0v) is 23.0. The zero-order valence-electron chi connectivity index (χ0n) is 23.0. The Balaban J connectivity index is 1.64. The summed E-state index contributed by atoms with van der Waals surface area (Å²) < 4.78 is 11.1. The van der Waals surface area contributed by atoms with Crippen molar-refractivity contribution >= 4 is 27.5 Å². The molecule has 0 amide bonds. The standard InChI is InChI=1S/C31H40N4O2/c1-21(2)19-35(20-22(3)4)15-9-14-32-31-26-17-28(36-5)29(37-6)18-27(26)33-30(34-31)25-13-12-23-10-7-8-11-24(23)16-25/h7-8,10-13,16-18,21-22H,9,14-15,19-20H2,1-6H3,(H,32,33,34). The fourth-order valence-electron chi connectivity index (χ4n) is 4.85. The van der Waals surface area contributed by atoms with Gasteiger partial charge in [0.05, 0.1) is 19.7 Å². The first kappa shape index (κ1) is 26.7. The third-order valence-corrected chi connectivity index (χ3v) is 6.40. The number of benzene rings is 3. The van der Waals surface area contributed by atoms with Crippen LogP contribution in [0, 0.1) is 11.8 Å². The van der Waals surface area contributed by atoms with Crippen LogP contribution >= 0.6 is 0 Å². The molecule has 3 aromatic carbocycles. The van der Waals surface area contributed by atoms with Crippen LogP contribution in [0.2, 0.25) is 0 Å². The minimum atomic E-state index is 0.655. The Labute approximate surface area is 221 Å². The van der Waals surface area contributed by atoms with E-state index in [4.69, 9.17) is 19.4 Å². The monoisotopic (exact) mass is 500 g/mol. The van der Waals surface area contributed by atoms with Crippen LogP contribution in [0.5, 0.6) is 11.5 Å². The molecule has 0 spiro atoms. The van der Waals surface area contributed by atoms with Gasteiger partial charge >= 0.3 is 0 Å². The maximum Gasteiger partial charge on any atom is 0.162 e. The van der Waals surface area contributed by atoms with Gasteiger partial charge in [-0.15, -0.1) is 0 Å². The number of hydrogen-bond donors (Lipinski definition) is 1. The summed E-state index contributed by atoms with van der Waals surface area (Å²) in [4.78, 5) is 12.5. The van der Waals surface area contributed by atoms with E-state index >= 15 is 0 Å². The number of hydrogen-bond acceptors (Lipinski definition) is 6. The summed E-state index contributed by atoms with van der Waals surface area (Å²) in [6.07, 6.45) is 1.03. The Morgan fingerprint density at radius 3 is 2.16 bits per heavy atom. The van der Waals surface area contributed by atoms with Gasteiger partial charge in [-0.1, -0.05) is 64.1 Å². The van der Waals surface area contributed by atoms with Crippen molar-refractivity contribution in [1.29, 1.82) is 0 Å². The van der Waals surface area contributed by atoms with Gasteiger partial charge in [0.2, 0.25) is 0 Å². The molecule has 196 valence electrons. The normalized spacial score (nSPS) is 11.7. The summed E-state index contributed by atoms with van der Waals surface area (Å²) in [5.41, 5.74) is 1.80. The van der Waals surface area contributed by atoms with E-state index in [1.54, 1.807) is 14.2 Å². The van der Waals surface area contributed by atoms with Crippen molar-refractivity contribution in [2.45, 2.75) is 34.1 Å². The van der Waals surface area contributed by atoms with Gasteiger partial charge in [0.15, 0.2) is 17.3 Å². The number of ether oxygens (including phenoxy) is 2. The van der Waals surface area contributed by atoms with Crippen LogP contribution in [0.3, 0.4) is 0 Å². The number of aromatic nitrogens is 2. The number of nitrogens with zero attached hydrogens (tertiary/aromatic N) is 3. The Morgan fingerprint density at radius 2 is 1.49 bits per heavy atom. The molecule has 0 fully saturated rings. The molecule has 4 rings (SSSR count). The predicted octanol–water partition coefficient (Wildman–Crippen LogP) is 6.88. The van der Waals surface area contributed by atoms with Crippen LogP contribution < -0.4 is 14.8 Å². The maximum atomic E-state index is 5.58. The van der Waals surface area contributed by atoms with Crippen LogP contribution in [0.1, 0.15) is 34.1 Å². The Bertz CT molecular complexity index is 1330. The molecule has 37 heavy (non-hydrogen) atoms. The molecule has 6 nitrogen and oxygen atoms in total. The van der Waals surface area contributed by atoms with Crippen LogP contribution in [0.4, 0.5) is 5.82 Å². The van der Waals surface area contributed by atoms with E-state index < -0.39 is 0 Å². The first-order valence-corrected chi connectivity index (χ1v) is 13.3. The van der Waals surface area contributed by atoms with Crippen LogP contribution in [0.15, 0.2) is 54.6 Å². The second-order valence-electron chi connectivity index (χ2n) is 10.5. The Kier molecular flexibility index (Phi) is 8.82. The molecular weight excluding hydrogens is 460 g/mol. The first-order valence-electron chi connectivity index (χ1n) is 13.3. The highest BCUT2D eigenvalue weighted by Gasteiger charge is 2.15. The van der Waals surface area contributed by atoms with Crippen molar-refractivity contribution in [3.8, 4) is 22.9 Å². The molecule has 0 saturated carbocycles. The second kappa shape index (κ2) is 12.2. The van der Waals surface area contributed by atoms with E-state index in [0.717, 1.165) is 54.9 Å². The molecule has 0 aliphatic rings. The van der Waals surface area contributed by atoms with Crippen molar-refractivity contribution in [2.75, 3.05) is 45.7 Å². The largest absolute Gasteiger partial charge is 0.493 e. The summed E-state index contributed by atoms with van der Waals surface area (Å²) in [6, 6.07) is 18.6. The molecule has 0 bridgehead atoms. The highest BCUT2D eigenvalue weighted by molar-refractivity contribution is 5.94. The van der Waals surface area contributed by atoms with Crippen LogP contribution in [-0.4, -0.2) is 55.3 Å². The lowest BCUT2D eigenvalue weighted by molar-refractivity contribution is 0.219. The van der Waals surface area contributed by atoms with Gasteiger partial charge in [0.25, 0.3) is 0 Å². The van der Waals surface area contributed by atoms with Gasteiger partial charge in [-0.2, -0.15) is 0 Å². The van der Waals surface area contributed by atoms with Crippen molar-refractivity contribution < 1.29 is 9.47 Å². The predicted molar refractivity (Wildman–Crippen MR) is 155 cm³/mol. The number of anilines is 1. The van der Waals surface area contributed by atoms with Gasteiger partial charge in [-0.3, -0.25) is 0 Å². The third-order valence-electron chi connectivity index (χ3n) is 6.40. The molecule has 0 saturated heterocycles. The lowest BCUT2D eigenvalue weighted by Crippen LogP contribution is -2.33. The molecular formula is C31H40N4O2. The van der Waals surface area contributed by atoms with Crippen molar-refractivity contribution in [1.82, 2.24) is 14.9 Å². The topological polar surface area (TPSA) is 59.5 Å². The van der Waals surface area contributed by atoms with E-state index in [-0.39, 0.29) is 0 Å². The van der Waals surface area contributed by atoms with Gasteiger partial charge < -0.3 is 19.7 Å². The number of rotatable bonds is 12. The summed E-state index contributed by atoms with van der Waals surface area (Å²) in [5.74, 6) is 4.14. The van der Waals surface area contributed by atoms with E-state index in [9.17, 15) is 0 Å². The Morgan fingerprint density at radius 1 is 0.811 bits per heavy atom. The summed E-state index contributed by atoms with van der Waals surface area (Å²) in [5, 5.41) is 6.90. The number of nitrogens with one attached hydrogen (secondary N) is 1.